The maximum atomic E-state index is 12.6. The van der Waals surface area contributed by atoms with Crippen LogP contribution in [0.2, 0.25) is 0 Å². The van der Waals surface area contributed by atoms with E-state index in [2.05, 4.69) is 0 Å². The fourth-order valence-corrected chi connectivity index (χ4v) is 4.22. The minimum Gasteiger partial charge on any atom is -0.481 e. The van der Waals surface area contributed by atoms with Crippen molar-refractivity contribution in [1.29, 1.82) is 0 Å². The zero-order valence-corrected chi connectivity index (χ0v) is 16.7. The number of likely N-dealkylation sites (tertiary alicyclic amines) is 1. The molecule has 7 atom stereocenters. The van der Waals surface area contributed by atoms with Crippen LogP contribution in [0.25, 0.3) is 0 Å². The van der Waals surface area contributed by atoms with Crippen LogP contribution in [-0.4, -0.2) is 105 Å². The number of nitrogens with zero attached hydrogens (tertiary/aromatic N) is 1. The van der Waals surface area contributed by atoms with Crippen LogP contribution in [0.5, 0.6) is 0 Å². The second-order valence-electron chi connectivity index (χ2n) is 8.18. The number of rotatable bonds is 5. The molecular weight excluding hydrogens is 402 g/mol. The molecule has 2 saturated heterocycles. The largest absolute Gasteiger partial charge is 0.481 e. The summed E-state index contributed by atoms with van der Waals surface area (Å²) in [6.07, 6.45) is -5.09. The van der Waals surface area contributed by atoms with Gasteiger partial charge in [0.25, 0.3) is 0 Å². The highest BCUT2D eigenvalue weighted by molar-refractivity contribution is 5.71. The van der Waals surface area contributed by atoms with Gasteiger partial charge in [-0.3, -0.25) is 4.79 Å². The number of carbonyl (C=O) groups excluding carboxylic acids is 1. The number of amides is 1. The molecule has 0 aromatic heterocycles. The molecule has 1 saturated carbocycles. The topological polar surface area (TPSA) is 166 Å². The van der Waals surface area contributed by atoms with E-state index < -0.39 is 67.5 Å². The Morgan fingerprint density at radius 2 is 1.57 bits per heavy atom. The van der Waals surface area contributed by atoms with Crippen LogP contribution >= 0.6 is 0 Å². The summed E-state index contributed by atoms with van der Waals surface area (Å²) in [5.41, 5.74) is 0. The number of carboxylic acids is 1. The van der Waals surface area contributed by atoms with Gasteiger partial charge in [-0.1, -0.05) is 6.42 Å². The fraction of sp³-hybridized carbons (Fsp3) is 0.895. The molecule has 2 heterocycles. The normalized spacial score (nSPS) is 38.3. The van der Waals surface area contributed by atoms with E-state index in [1.807, 2.05) is 0 Å². The number of aliphatic carboxylic acids is 1. The van der Waals surface area contributed by atoms with Gasteiger partial charge in [0.15, 0.2) is 6.29 Å². The van der Waals surface area contributed by atoms with Gasteiger partial charge in [-0.25, -0.2) is 4.79 Å². The number of carboxylic acid groups (broad SMARTS) is 1. The van der Waals surface area contributed by atoms with E-state index in [9.17, 15) is 30.0 Å². The van der Waals surface area contributed by atoms with E-state index in [1.165, 1.54) is 4.90 Å². The zero-order valence-electron chi connectivity index (χ0n) is 16.7. The van der Waals surface area contributed by atoms with Gasteiger partial charge < -0.3 is 44.6 Å². The molecule has 11 heteroatoms. The summed E-state index contributed by atoms with van der Waals surface area (Å²) in [4.78, 5) is 25.1. The summed E-state index contributed by atoms with van der Waals surface area (Å²) >= 11 is 0. The number of ether oxygens (including phenoxy) is 3. The van der Waals surface area contributed by atoms with E-state index in [4.69, 9.17) is 19.3 Å². The number of carbonyl (C=O) groups is 2. The van der Waals surface area contributed by atoms with E-state index in [-0.39, 0.29) is 0 Å². The first kappa shape index (κ1) is 23.2. The van der Waals surface area contributed by atoms with Crippen molar-refractivity contribution in [2.24, 2.45) is 5.92 Å². The fourth-order valence-electron chi connectivity index (χ4n) is 4.22. The Morgan fingerprint density at radius 1 is 0.933 bits per heavy atom. The molecular formula is C19H31NO10. The van der Waals surface area contributed by atoms with Crippen LogP contribution in [0, 0.1) is 5.92 Å². The van der Waals surface area contributed by atoms with Crippen LogP contribution < -0.4 is 0 Å². The van der Waals surface area contributed by atoms with E-state index in [0.717, 1.165) is 12.8 Å². The maximum Gasteiger partial charge on any atom is 0.410 e. The van der Waals surface area contributed by atoms with Crippen molar-refractivity contribution >= 4 is 12.1 Å². The van der Waals surface area contributed by atoms with Crippen LogP contribution in [0.3, 0.4) is 0 Å². The Balaban J connectivity index is 1.57. The third kappa shape index (κ3) is 5.21. The first-order valence-electron chi connectivity index (χ1n) is 10.5. The summed E-state index contributed by atoms with van der Waals surface area (Å²) in [5, 5.41) is 48.4. The standard InChI is InChI=1S/C19H31NO10/c21-9-13-14(22)15(23)16(24)18(29-13)28-11-3-1-2-4-12(11)30-19(27)20-7-5-10(6-8-20)17(25)26/h10-16,18,21-24H,1-9H2,(H,25,26)/t11?,12?,13-,14+,15-,16-,18-/m1/s1. The molecule has 3 rings (SSSR count). The molecule has 0 aromatic rings. The van der Waals surface area contributed by atoms with Gasteiger partial charge in [0.05, 0.1) is 18.6 Å². The van der Waals surface area contributed by atoms with Crippen LogP contribution in [0.15, 0.2) is 0 Å². The Morgan fingerprint density at radius 3 is 2.17 bits per heavy atom. The first-order valence-corrected chi connectivity index (χ1v) is 10.5. The molecule has 2 unspecified atom stereocenters. The number of aliphatic hydroxyl groups is 4. The summed E-state index contributed by atoms with van der Waals surface area (Å²) < 4.78 is 16.8. The lowest BCUT2D eigenvalue weighted by atomic mass is 9.94. The predicted octanol–water partition coefficient (Wildman–Crippen LogP) is -0.953. The molecule has 0 spiro atoms. The molecule has 172 valence electrons. The third-order valence-corrected chi connectivity index (χ3v) is 6.15. The Labute approximate surface area is 174 Å². The lowest BCUT2D eigenvalue weighted by molar-refractivity contribution is -0.318. The van der Waals surface area contributed by atoms with Gasteiger partial charge >= 0.3 is 12.1 Å². The molecule has 0 aromatic carbocycles. The number of hydrogen-bond donors (Lipinski definition) is 5. The predicted molar refractivity (Wildman–Crippen MR) is 99.3 cm³/mol. The zero-order chi connectivity index (χ0) is 21.8. The van der Waals surface area contributed by atoms with Crippen molar-refractivity contribution in [3.05, 3.63) is 0 Å². The lowest BCUT2D eigenvalue weighted by Gasteiger charge is -2.42. The smallest absolute Gasteiger partial charge is 0.410 e. The summed E-state index contributed by atoms with van der Waals surface area (Å²) in [6, 6.07) is 0. The quantitative estimate of drug-likeness (QED) is 0.365. The molecule has 0 bridgehead atoms. The minimum absolute atomic E-state index is 0.306. The van der Waals surface area contributed by atoms with Crippen LogP contribution in [0.4, 0.5) is 4.79 Å². The van der Waals surface area contributed by atoms with E-state index >= 15 is 0 Å². The van der Waals surface area contributed by atoms with Crippen molar-refractivity contribution < 1.29 is 49.3 Å². The van der Waals surface area contributed by atoms with Gasteiger partial charge in [-0.05, 0) is 32.1 Å². The first-order chi connectivity index (χ1) is 14.3. The molecule has 5 N–H and O–H groups in total. The van der Waals surface area contributed by atoms with Crippen molar-refractivity contribution in [3.8, 4) is 0 Å². The summed E-state index contributed by atoms with van der Waals surface area (Å²) in [7, 11) is 0. The average molecular weight is 433 g/mol. The molecule has 1 aliphatic carbocycles. The highest BCUT2D eigenvalue weighted by atomic mass is 16.7. The highest BCUT2D eigenvalue weighted by Gasteiger charge is 2.46. The Bertz CT molecular complexity index is 594. The van der Waals surface area contributed by atoms with Gasteiger partial charge in [-0.2, -0.15) is 0 Å². The molecule has 0 radical (unpaired) electrons. The van der Waals surface area contributed by atoms with Crippen molar-refractivity contribution in [3.63, 3.8) is 0 Å². The Kier molecular flexibility index (Phi) is 7.88. The molecule has 2 aliphatic heterocycles. The average Bonchev–Trinajstić information content (AvgIpc) is 2.75. The number of aliphatic hydroxyl groups excluding tert-OH is 4. The number of piperidine rings is 1. The highest BCUT2D eigenvalue weighted by Crippen LogP contribution is 2.30. The monoisotopic (exact) mass is 433 g/mol. The van der Waals surface area contributed by atoms with Gasteiger partial charge in [-0.15, -0.1) is 0 Å². The summed E-state index contributed by atoms with van der Waals surface area (Å²) in [5.74, 6) is -1.31. The Hall–Kier alpha value is -1.50. The van der Waals surface area contributed by atoms with Gasteiger partial charge in [0.2, 0.25) is 0 Å². The maximum absolute atomic E-state index is 12.6. The van der Waals surface area contributed by atoms with Crippen molar-refractivity contribution in [2.45, 2.75) is 81.4 Å². The van der Waals surface area contributed by atoms with Gasteiger partial charge in [0.1, 0.15) is 30.5 Å². The third-order valence-electron chi connectivity index (χ3n) is 6.15. The molecule has 30 heavy (non-hydrogen) atoms. The lowest BCUT2D eigenvalue weighted by Crippen LogP contribution is -2.60. The van der Waals surface area contributed by atoms with E-state index in [0.29, 0.717) is 38.8 Å². The van der Waals surface area contributed by atoms with Crippen LogP contribution in [-0.2, 0) is 19.0 Å². The number of hydrogen-bond acceptors (Lipinski definition) is 9. The molecule has 1 amide bonds. The van der Waals surface area contributed by atoms with Crippen molar-refractivity contribution in [2.75, 3.05) is 19.7 Å². The van der Waals surface area contributed by atoms with Gasteiger partial charge in [0, 0.05) is 13.1 Å². The second kappa shape index (κ2) is 10.2. The van der Waals surface area contributed by atoms with Crippen molar-refractivity contribution in [1.82, 2.24) is 4.90 Å². The second-order valence-corrected chi connectivity index (χ2v) is 8.18. The minimum atomic E-state index is -1.54. The summed E-state index contributed by atoms with van der Waals surface area (Å²) in [6.45, 7) is 0.0572. The van der Waals surface area contributed by atoms with E-state index in [1.54, 1.807) is 0 Å². The van der Waals surface area contributed by atoms with Crippen LogP contribution in [0.1, 0.15) is 38.5 Å². The molecule has 3 aliphatic rings. The molecule has 3 fully saturated rings. The molecule has 11 nitrogen and oxygen atoms in total. The SMILES string of the molecule is O=C(O)C1CCN(C(=O)OC2CCCCC2O[C@@H]2O[C@H](CO)[C@H](O)[C@@H](O)[C@H]2O)CC1.